The van der Waals surface area contributed by atoms with Crippen LogP contribution in [0, 0.1) is 13.8 Å². The molecule has 0 aliphatic heterocycles. The fourth-order valence-corrected chi connectivity index (χ4v) is 1.82. The SMILES string of the molecule is COc1cc2c(C)c(C=O)[nH]c2cc1C. The summed E-state index contributed by atoms with van der Waals surface area (Å²) in [5, 5.41) is 1.04. The zero-order chi connectivity index (χ0) is 11.0. The maximum absolute atomic E-state index is 10.8. The van der Waals surface area contributed by atoms with Gasteiger partial charge in [-0.15, -0.1) is 0 Å². The Morgan fingerprint density at radius 2 is 2.07 bits per heavy atom. The third-order valence-electron chi connectivity index (χ3n) is 2.73. The Labute approximate surface area is 88.1 Å². The van der Waals surface area contributed by atoms with E-state index in [-0.39, 0.29) is 0 Å². The Kier molecular flexibility index (Phi) is 2.23. The normalized spacial score (nSPS) is 10.6. The summed E-state index contributed by atoms with van der Waals surface area (Å²) in [5.74, 6) is 0.849. The van der Waals surface area contributed by atoms with Crippen LogP contribution < -0.4 is 4.74 Å². The number of aromatic nitrogens is 1. The smallest absolute Gasteiger partial charge is 0.166 e. The minimum atomic E-state index is 0.637. The van der Waals surface area contributed by atoms with Crippen molar-refractivity contribution in [1.29, 1.82) is 0 Å². The van der Waals surface area contributed by atoms with E-state index in [0.717, 1.165) is 34.1 Å². The first-order chi connectivity index (χ1) is 7.17. The van der Waals surface area contributed by atoms with Gasteiger partial charge in [-0.2, -0.15) is 0 Å². The Bertz CT molecular complexity index is 526. The van der Waals surface area contributed by atoms with Gasteiger partial charge in [0.15, 0.2) is 6.29 Å². The highest BCUT2D eigenvalue weighted by Gasteiger charge is 2.09. The minimum Gasteiger partial charge on any atom is -0.496 e. The lowest BCUT2D eigenvalue weighted by molar-refractivity contribution is 0.111. The van der Waals surface area contributed by atoms with Crippen molar-refractivity contribution in [1.82, 2.24) is 4.98 Å². The summed E-state index contributed by atoms with van der Waals surface area (Å²) in [6.07, 6.45) is 0.844. The van der Waals surface area contributed by atoms with E-state index in [9.17, 15) is 4.79 Å². The van der Waals surface area contributed by atoms with Crippen LogP contribution in [-0.2, 0) is 0 Å². The molecule has 2 rings (SSSR count). The lowest BCUT2D eigenvalue weighted by Crippen LogP contribution is -1.86. The van der Waals surface area contributed by atoms with Crippen LogP contribution in [0.1, 0.15) is 21.6 Å². The van der Waals surface area contributed by atoms with E-state index in [1.165, 1.54) is 0 Å². The first kappa shape index (κ1) is 9.77. The van der Waals surface area contributed by atoms with Crippen molar-refractivity contribution in [2.24, 2.45) is 0 Å². The third-order valence-corrected chi connectivity index (χ3v) is 2.73. The summed E-state index contributed by atoms with van der Waals surface area (Å²) in [7, 11) is 1.65. The van der Waals surface area contributed by atoms with Gasteiger partial charge in [0.1, 0.15) is 5.75 Å². The first-order valence-electron chi connectivity index (χ1n) is 4.79. The molecule has 1 heterocycles. The second kappa shape index (κ2) is 3.42. The zero-order valence-corrected chi connectivity index (χ0v) is 9.05. The molecule has 0 radical (unpaired) electrons. The minimum absolute atomic E-state index is 0.637. The summed E-state index contributed by atoms with van der Waals surface area (Å²) in [6, 6.07) is 3.96. The molecular weight excluding hydrogens is 190 g/mol. The topological polar surface area (TPSA) is 42.1 Å². The van der Waals surface area contributed by atoms with Crippen LogP contribution in [0.15, 0.2) is 12.1 Å². The Balaban J connectivity index is 2.79. The molecule has 1 aromatic carbocycles. The number of aldehydes is 1. The molecule has 0 fully saturated rings. The largest absolute Gasteiger partial charge is 0.496 e. The first-order valence-corrected chi connectivity index (χ1v) is 4.79. The number of aromatic amines is 1. The molecule has 0 unspecified atom stereocenters. The number of hydrogen-bond acceptors (Lipinski definition) is 2. The van der Waals surface area contributed by atoms with Crippen molar-refractivity contribution in [2.45, 2.75) is 13.8 Å². The van der Waals surface area contributed by atoms with E-state index in [2.05, 4.69) is 4.98 Å². The van der Waals surface area contributed by atoms with Crippen LogP contribution in [0.5, 0.6) is 5.75 Å². The van der Waals surface area contributed by atoms with Gasteiger partial charge < -0.3 is 9.72 Å². The van der Waals surface area contributed by atoms with Crippen molar-refractivity contribution in [3.05, 3.63) is 29.0 Å². The van der Waals surface area contributed by atoms with Gasteiger partial charge in [-0.1, -0.05) is 0 Å². The van der Waals surface area contributed by atoms with Crippen molar-refractivity contribution >= 4 is 17.2 Å². The van der Waals surface area contributed by atoms with Gasteiger partial charge in [-0.25, -0.2) is 0 Å². The number of ether oxygens (including phenoxy) is 1. The van der Waals surface area contributed by atoms with E-state index in [4.69, 9.17) is 4.74 Å². The van der Waals surface area contributed by atoms with E-state index < -0.39 is 0 Å². The van der Waals surface area contributed by atoms with Gasteiger partial charge >= 0.3 is 0 Å². The van der Waals surface area contributed by atoms with Gasteiger partial charge in [0, 0.05) is 10.9 Å². The van der Waals surface area contributed by atoms with Crippen LogP contribution in [0.3, 0.4) is 0 Å². The molecule has 0 saturated carbocycles. The Morgan fingerprint density at radius 1 is 1.33 bits per heavy atom. The molecule has 78 valence electrons. The lowest BCUT2D eigenvalue weighted by Gasteiger charge is -2.04. The number of rotatable bonds is 2. The van der Waals surface area contributed by atoms with Gasteiger partial charge in [0.2, 0.25) is 0 Å². The molecule has 2 aromatic rings. The molecule has 1 aromatic heterocycles. The van der Waals surface area contributed by atoms with Crippen molar-refractivity contribution < 1.29 is 9.53 Å². The number of methoxy groups -OCH3 is 1. The van der Waals surface area contributed by atoms with Crippen LogP contribution >= 0.6 is 0 Å². The average molecular weight is 203 g/mol. The van der Waals surface area contributed by atoms with Crippen LogP contribution in [0.2, 0.25) is 0 Å². The van der Waals surface area contributed by atoms with Gasteiger partial charge in [0.25, 0.3) is 0 Å². The average Bonchev–Trinajstić information content (AvgIpc) is 2.54. The molecule has 15 heavy (non-hydrogen) atoms. The Morgan fingerprint density at radius 3 is 2.67 bits per heavy atom. The fourth-order valence-electron chi connectivity index (χ4n) is 1.82. The summed E-state index contributed by atoms with van der Waals surface area (Å²) in [4.78, 5) is 13.9. The standard InChI is InChI=1S/C12H13NO2/c1-7-4-10-9(5-12(7)15-3)8(2)11(6-14)13-10/h4-6,13H,1-3H3. The number of benzene rings is 1. The highest BCUT2D eigenvalue weighted by atomic mass is 16.5. The fraction of sp³-hybridized carbons (Fsp3) is 0.250. The predicted octanol–water partition coefficient (Wildman–Crippen LogP) is 2.61. The molecular formula is C12H13NO2. The number of fused-ring (bicyclic) bond motifs is 1. The second-order valence-corrected chi connectivity index (χ2v) is 3.65. The third kappa shape index (κ3) is 1.40. The lowest BCUT2D eigenvalue weighted by atomic mass is 10.1. The molecule has 0 saturated heterocycles. The van der Waals surface area contributed by atoms with Gasteiger partial charge in [-0.05, 0) is 37.1 Å². The Hall–Kier alpha value is -1.77. The van der Waals surface area contributed by atoms with Gasteiger partial charge in [0.05, 0.1) is 12.8 Å². The van der Waals surface area contributed by atoms with Crippen molar-refractivity contribution in [2.75, 3.05) is 7.11 Å². The second-order valence-electron chi connectivity index (χ2n) is 3.65. The quantitative estimate of drug-likeness (QED) is 0.762. The molecule has 0 aliphatic rings. The monoisotopic (exact) mass is 203 g/mol. The summed E-state index contributed by atoms with van der Waals surface area (Å²) < 4.78 is 5.25. The number of nitrogens with one attached hydrogen (secondary N) is 1. The highest BCUT2D eigenvalue weighted by Crippen LogP contribution is 2.28. The number of H-pyrrole nitrogens is 1. The van der Waals surface area contributed by atoms with Gasteiger partial charge in [-0.3, -0.25) is 4.79 Å². The zero-order valence-electron chi connectivity index (χ0n) is 9.05. The van der Waals surface area contributed by atoms with Crippen molar-refractivity contribution in [3.8, 4) is 5.75 Å². The number of carbonyl (C=O) groups is 1. The maximum Gasteiger partial charge on any atom is 0.166 e. The molecule has 1 N–H and O–H groups in total. The molecule has 0 atom stereocenters. The van der Waals surface area contributed by atoms with Crippen molar-refractivity contribution in [3.63, 3.8) is 0 Å². The van der Waals surface area contributed by atoms with E-state index in [1.807, 2.05) is 26.0 Å². The van der Waals surface area contributed by atoms with E-state index in [1.54, 1.807) is 7.11 Å². The molecule has 3 nitrogen and oxygen atoms in total. The predicted molar refractivity (Wildman–Crippen MR) is 59.7 cm³/mol. The van der Waals surface area contributed by atoms with Crippen LogP contribution in [-0.4, -0.2) is 18.4 Å². The number of hydrogen-bond donors (Lipinski definition) is 1. The molecule has 0 aliphatic carbocycles. The van der Waals surface area contributed by atoms with Crippen LogP contribution in [0.4, 0.5) is 0 Å². The number of carbonyl (C=O) groups excluding carboxylic acids is 1. The van der Waals surface area contributed by atoms with E-state index >= 15 is 0 Å². The number of aryl methyl sites for hydroxylation is 2. The maximum atomic E-state index is 10.8. The molecule has 0 amide bonds. The molecule has 3 heteroatoms. The van der Waals surface area contributed by atoms with E-state index in [0.29, 0.717) is 5.69 Å². The summed E-state index contributed by atoms with van der Waals surface area (Å²) in [6.45, 7) is 3.91. The molecule has 0 spiro atoms. The summed E-state index contributed by atoms with van der Waals surface area (Å²) in [5.41, 5.74) is 3.65. The molecule has 0 bridgehead atoms. The summed E-state index contributed by atoms with van der Waals surface area (Å²) >= 11 is 0. The van der Waals surface area contributed by atoms with Crippen LogP contribution in [0.25, 0.3) is 10.9 Å². The highest BCUT2D eigenvalue weighted by molar-refractivity contribution is 5.93.